The lowest BCUT2D eigenvalue weighted by Gasteiger charge is -2.10. The molecular weight excluding hydrogens is 374 g/mol. The number of benzene rings is 1. The van der Waals surface area contributed by atoms with Gasteiger partial charge in [0.1, 0.15) is 18.1 Å². The van der Waals surface area contributed by atoms with Crippen LogP contribution in [0.15, 0.2) is 24.3 Å². The van der Waals surface area contributed by atoms with E-state index in [1.807, 2.05) is 24.3 Å². The van der Waals surface area contributed by atoms with Crippen LogP contribution in [0.2, 0.25) is 0 Å². The molecule has 1 aromatic carbocycles. The first-order valence-electron chi connectivity index (χ1n) is 9.69. The van der Waals surface area contributed by atoms with Crippen molar-refractivity contribution in [2.75, 3.05) is 13.2 Å². The second kappa shape index (κ2) is 11.0. The standard InChI is InChI=1S/C21H27N3O5/c1-3-4-5-6-11-29-16-9-7-15(8-10-16)12-17-23-14(2)20(27)19(24-17)21(28)22-13-18(25)26/h7-10,27H,3-6,11-13H2,1-2H3,(H,22,28)(H,25,26). The van der Waals surface area contributed by atoms with Gasteiger partial charge in [0.05, 0.1) is 12.3 Å². The minimum atomic E-state index is -1.18. The van der Waals surface area contributed by atoms with Gasteiger partial charge >= 0.3 is 5.97 Å². The van der Waals surface area contributed by atoms with Gasteiger partial charge in [-0.1, -0.05) is 38.3 Å². The van der Waals surface area contributed by atoms with Gasteiger partial charge in [0.2, 0.25) is 0 Å². The van der Waals surface area contributed by atoms with Crippen LogP contribution in [0.3, 0.4) is 0 Å². The molecule has 1 heterocycles. The van der Waals surface area contributed by atoms with Gasteiger partial charge < -0.3 is 20.3 Å². The van der Waals surface area contributed by atoms with Crippen molar-refractivity contribution in [3.63, 3.8) is 0 Å². The van der Waals surface area contributed by atoms with Crippen LogP contribution in [-0.2, 0) is 11.2 Å². The first kappa shape index (κ1) is 22.1. The number of aromatic nitrogens is 2. The van der Waals surface area contributed by atoms with Crippen LogP contribution in [0.4, 0.5) is 0 Å². The van der Waals surface area contributed by atoms with Crippen LogP contribution >= 0.6 is 0 Å². The number of carbonyl (C=O) groups is 2. The topological polar surface area (TPSA) is 122 Å². The van der Waals surface area contributed by atoms with Crippen molar-refractivity contribution in [2.45, 2.75) is 46.0 Å². The van der Waals surface area contributed by atoms with Gasteiger partial charge in [-0.15, -0.1) is 0 Å². The first-order valence-corrected chi connectivity index (χ1v) is 9.69. The molecule has 0 radical (unpaired) electrons. The number of rotatable bonds is 11. The number of aromatic hydroxyl groups is 1. The maximum absolute atomic E-state index is 12.1. The van der Waals surface area contributed by atoms with E-state index in [9.17, 15) is 14.7 Å². The van der Waals surface area contributed by atoms with Crippen molar-refractivity contribution >= 4 is 11.9 Å². The Kier molecular flexibility index (Phi) is 8.39. The van der Waals surface area contributed by atoms with Gasteiger partial charge in [0, 0.05) is 6.42 Å². The predicted octanol–water partition coefficient (Wildman–Crippen LogP) is 2.85. The number of amides is 1. The molecule has 2 rings (SSSR count). The van der Waals surface area contributed by atoms with Crippen molar-refractivity contribution in [1.29, 1.82) is 0 Å². The Balaban J connectivity index is 2.02. The molecule has 8 nitrogen and oxygen atoms in total. The van der Waals surface area contributed by atoms with E-state index < -0.39 is 18.4 Å². The maximum Gasteiger partial charge on any atom is 0.322 e. The molecule has 0 aliphatic rings. The summed E-state index contributed by atoms with van der Waals surface area (Å²) in [5.74, 6) is -1.15. The summed E-state index contributed by atoms with van der Waals surface area (Å²) in [4.78, 5) is 31.0. The normalized spacial score (nSPS) is 10.6. The number of aryl methyl sites for hydroxylation is 1. The van der Waals surface area contributed by atoms with E-state index in [1.165, 1.54) is 12.8 Å². The molecule has 1 aromatic heterocycles. The van der Waals surface area contributed by atoms with E-state index in [-0.39, 0.29) is 17.1 Å². The largest absolute Gasteiger partial charge is 0.504 e. The predicted molar refractivity (Wildman–Crippen MR) is 107 cm³/mol. The van der Waals surface area contributed by atoms with Crippen LogP contribution in [0.25, 0.3) is 0 Å². The summed E-state index contributed by atoms with van der Waals surface area (Å²) in [6.45, 7) is 3.86. The zero-order chi connectivity index (χ0) is 21.2. The highest BCUT2D eigenvalue weighted by Gasteiger charge is 2.18. The molecule has 0 atom stereocenters. The smallest absolute Gasteiger partial charge is 0.322 e. The molecule has 0 saturated carbocycles. The molecule has 29 heavy (non-hydrogen) atoms. The molecule has 0 fully saturated rings. The summed E-state index contributed by atoms with van der Waals surface area (Å²) < 4.78 is 5.72. The molecule has 8 heteroatoms. The summed E-state index contributed by atoms with van der Waals surface area (Å²) in [5.41, 5.74) is 0.939. The minimum absolute atomic E-state index is 0.235. The zero-order valence-corrected chi connectivity index (χ0v) is 16.8. The molecular formula is C21H27N3O5. The Morgan fingerprint density at radius 1 is 1.10 bits per heavy atom. The number of carbonyl (C=O) groups excluding carboxylic acids is 1. The van der Waals surface area contributed by atoms with Crippen molar-refractivity contribution in [1.82, 2.24) is 15.3 Å². The SMILES string of the molecule is CCCCCCOc1ccc(Cc2nc(C)c(O)c(C(=O)NCC(=O)O)n2)cc1. The monoisotopic (exact) mass is 401 g/mol. The molecule has 156 valence electrons. The van der Waals surface area contributed by atoms with Gasteiger partial charge in [0.15, 0.2) is 11.4 Å². The third-order valence-corrected chi connectivity index (χ3v) is 4.27. The molecule has 2 aromatic rings. The number of carboxylic acids is 1. The molecule has 0 spiro atoms. The fraction of sp³-hybridized carbons (Fsp3) is 0.429. The van der Waals surface area contributed by atoms with Crippen LogP contribution < -0.4 is 10.1 Å². The van der Waals surface area contributed by atoms with E-state index in [4.69, 9.17) is 9.84 Å². The van der Waals surface area contributed by atoms with Gasteiger partial charge in [-0.3, -0.25) is 9.59 Å². The summed E-state index contributed by atoms with van der Waals surface area (Å²) in [5, 5.41) is 20.9. The van der Waals surface area contributed by atoms with Crippen molar-refractivity contribution in [2.24, 2.45) is 0 Å². The average Bonchev–Trinajstić information content (AvgIpc) is 2.69. The highest BCUT2D eigenvalue weighted by Crippen LogP contribution is 2.20. The van der Waals surface area contributed by atoms with Crippen LogP contribution in [0.5, 0.6) is 11.5 Å². The van der Waals surface area contributed by atoms with Crippen LogP contribution in [-0.4, -0.2) is 45.2 Å². The number of carboxylic acid groups (broad SMARTS) is 1. The minimum Gasteiger partial charge on any atom is -0.504 e. The van der Waals surface area contributed by atoms with Crippen molar-refractivity contribution in [3.8, 4) is 11.5 Å². The number of unbranched alkanes of at least 4 members (excludes halogenated alkanes) is 3. The molecule has 0 aliphatic carbocycles. The number of nitrogens with one attached hydrogen (secondary N) is 1. The third-order valence-electron chi connectivity index (χ3n) is 4.27. The van der Waals surface area contributed by atoms with Crippen molar-refractivity contribution < 1.29 is 24.5 Å². The summed E-state index contributed by atoms with van der Waals surface area (Å²) in [6.07, 6.45) is 4.95. The third kappa shape index (κ3) is 7.06. The lowest BCUT2D eigenvalue weighted by molar-refractivity contribution is -0.135. The Bertz CT molecular complexity index is 837. The highest BCUT2D eigenvalue weighted by molar-refractivity contribution is 5.96. The Hall–Kier alpha value is -3.16. The molecule has 1 amide bonds. The Labute approximate surface area is 170 Å². The fourth-order valence-corrected chi connectivity index (χ4v) is 2.71. The van der Waals surface area contributed by atoms with E-state index >= 15 is 0 Å². The number of hydrogen-bond acceptors (Lipinski definition) is 6. The van der Waals surface area contributed by atoms with E-state index in [0.29, 0.717) is 18.9 Å². The molecule has 0 aliphatic heterocycles. The summed E-state index contributed by atoms with van der Waals surface area (Å²) >= 11 is 0. The van der Waals surface area contributed by atoms with Gasteiger partial charge in [-0.05, 0) is 31.0 Å². The second-order valence-electron chi connectivity index (χ2n) is 6.73. The van der Waals surface area contributed by atoms with E-state index in [2.05, 4.69) is 22.2 Å². The van der Waals surface area contributed by atoms with Crippen LogP contribution in [0, 0.1) is 6.92 Å². The number of aliphatic carboxylic acids is 1. The Morgan fingerprint density at radius 2 is 1.83 bits per heavy atom. The highest BCUT2D eigenvalue weighted by atomic mass is 16.5. The quantitative estimate of drug-likeness (QED) is 0.495. The van der Waals surface area contributed by atoms with Crippen LogP contribution in [0.1, 0.15) is 60.2 Å². The van der Waals surface area contributed by atoms with Gasteiger partial charge in [-0.25, -0.2) is 9.97 Å². The maximum atomic E-state index is 12.1. The number of hydrogen-bond donors (Lipinski definition) is 3. The Morgan fingerprint density at radius 3 is 2.48 bits per heavy atom. The van der Waals surface area contributed by atoms with Gasteiger partial charge in [0.25, 0.3) is 5.91 Å². The summed E-state index contributed by atoms with van der Waals surface area (Å²) in [7, 11) is 0. The molecule has 0 bridgehead atoms. The lowest BCUT2D eigenvalue weighted by Crippen LogP contribution is -2.30. The van der Waals surface area contributed by atoms with Gasteiger partial charge in [-0.2, -0.15) is 0 Å². The molecule has 0 saturated heterocycles. The fourth-order valence-electron chi connectivity index (χ4n) is 2.71. The number of ether oxygens (including phenoxy) is 1. The van der Waals surface area contributed by atoms with Crippen molar-refractivity contribution in [3.05, 3.63) is 47.0 Å². The van der Waals surface area contributed by atoms with E-state index in [0.717, 1.165) is 24.2 Å². The summed E-state index contributed by atoms with van der Waals surface area (Å²) in [6, 6.07) is 7.56. The zero-order valence-electron chi connectivity index (χ0n) is 16.8. The molecule has 0 unspecified atom stereocenters. The number of nitrogens with zero attached hydrogens (tertiary/aromatic N) is 2. The van der Waals surface area contributed by atoms with E-state index in [1.54, 1.807) is 6.92 Å². The first-order chi connectivity index (χ1) is 13.9. The molecule has 3 N–H and O–H groups in total. The second-order valence-corrected chi connectivity index (χ2v) is 6.73. The lowest BCUT2D eigenvalue weighted by atomic mass is 10.1. The average molecular weight is 401 g/mol.